The minimum absolute atomic E-state index is 0.0531. The Balaban J connectivity index is 2.34. The lowest BCUT2D eigenvalue weighted by atomic mass is 10.0. The number of nitro groups is 1. The van der Waals surface area contributed by atoms with Crippen LogP contribution in [0.1, 0.15) is 16.7 Å². The molecular formula is C15H9F3NO5-. The van der Waals surface area contributed by atoms with Crippen LogP contribution in [0.25, 0.3) is 0 Å². The van der Waals surface area contributed by atoms with Gasteiger partial charge in [-0.05, 0) is 35.7 Å². The van der Waals surface area contributed by atoms with Crippen LogP contribution in [0.2, 0.25) is 0 Å². The van der Waals surface area contributed by atoms with Crippen LogP contribution in [0.5, 0.6) is 5.75 Å². The molecule has 2 aromatic carbocycles. The Morgan fingerprint density at radius 2 is 1.75 bits per heavy atom. The SMILES string of the molecule is O=C([O-])Oc1ccc([N+](=O)[O-])cc1Cc1ccc(C(F)(F)F)cc1. The third-order valence-electron chi connectivity index (χ3n) is 3.12. The summed E-state index contributed by atoms with van der Waals surface area (Å²) < 4.78 is 42.0. The second-order valence-electron chi connectivity index (χ2n) is 4.77. The predicted molar refractivity (Wildman–Crippen MR) is 73.4 cm³/mol. The van der Waals surface area contributed by atoms with E-state index in [2.05, 4.69) is 4.74 Å². The van der Waals surface area contributed by atoms with Crippen molar-refractivity contribution in [1.82, 2.24) is 0 Å². The van der Waals surface area contributed by atoms with E-state index >= 15 is 0 Å². The van der Waals surface area contributed by atoms with Crippen LogP contribution < -0.4 is 9.84 Å². The zero-order valence-electron chi connectivity index (χ0n) is 11.9. The Morgan fingerprint density at radius 3 is 2.25 bits per heavy atom. The third kappa shape index (κ3) is 4.22. The quantitative estimate of drug-likeness (QED) is 0.369. The summed E-state index contributed by atoms with van der Waals surface area (Å²) in [6.45, 7) is 0. The summed E-state index contributed by atoms with van der Waals surface area (Å²) in [6.07, 6.45) is -6.38. The van der Waals surface area contributed by atoms with Gasteiger partial charge in [-0.1, -0.05) is 12.1 Å². The van der Waals surface area contributed by atoms with E-state index in [1.54, 1.807) is 0 Å². The number of nitrogens with zero attached hydrogens (tertiary/aromatic N) is 1. The fraction of sp³-hybridized carbons (Fsp3) is 0.133. The number of hydrogen-bond acceptors (Lipinski definition) is 5. The van der Waals surface area contributed by atoms with E-state index < -0.39 is 22.8 Å². The molecule has 0 bridgehead atoms. The number of carbonyl (C=O) groups is 1. The minimum Gasteiger partial charge on any atom is -0.514 e. The largest absolute Gasteiger partial charge is 0.514 e. The summed E-state index contributed by atoms with van der Waals surface area (Å²) in [6, 6.07) is 7.37. The summed E-state index contributed by atoms with van der Waals surface area (Å²) in [5, 5.41) is 21.4. The van der Waals surface area contributed by atoms with Crippen LogP contribution in [0.3, 0.4) is 0 Å². The van der Waals surface area contributed by atoms with Crippen molar-refractivity contribution >= 4 is 11.8 Å². The molecule has 24 heavy (non-hydrogen) atoms. The molecule has 0 atom stereocenters. The molecule has 126 valence electrons. The molecule has 2 rings (SSSR count). The molecule has 9 heteroatoms. The summed E-state index contributed by atoms with van der Waals surface area (Å²) in [5.74, 6) is -0.180. The van der Waals surface area contributed by atoms with Crippen molar-refractivity contribution in [3.05, 3.63) is 69.3 Å². The van der Waals surface area contributed by atoms with Crippen LogP contribution in [-0.4, -0.2) is 11.1 Å². The van der Waals surface area contributed by atoms with E-state index in [1.165, 1.54) is 12.1 Å². The normalized spacial score (nSPS) is 11.1. The van der Waals surface area contributed by atoms with Crippen molar-refractivity contribution in [1.29, 1.82) is 0 Å². The minimum atomic E-state index is -4.48. The Morgan fingerprint density at radius 1 is 1.12 bits per heavy atom. The smallest absolute Gasteiger partial charge is 0.416 e. The van der Waals surface area contributed by atoms with Crippen molar-refractivity contribution in [2.24, 2.45) is 0 Å². The highest BCUT2D eigenvalue weighted by Gasteiger charge is 2.29. The Kier molecular flexibility index (Phi) is 4.72. The number of non-ortho nitro benzene ring substituents is 1. The van der Waals surface area contributed by atoms with E-state index in [1.807, 2.05) is 0 Å². The lowest BCUT2D eigenvalue weighted by molar-refractivity contribution is -0.384. The fourth-order valence-electron chi connectivity index (χ4n) is 2.04. The van der Waals surface area contributed by atoms with Gasteiger partial charge in [0.25, 0.3) is 11.8 Å². The second-order valence-corrected chi connectivity index (χ2v) is 4.77. The highest BCUT2D eigenvalue weighted by atomic mass is 19.4. The van der Waals surface area contributed by atoms with Crippen molar-refractivity contribution in [3.63, 3.8) is 0 Å². The monoisotopic (exact) mass is 340 g/mol. The molecule has 6 nitrogen and oxygen atoms in total. The van der Waals surface area contributed by atoms with Gasteiger partial charge in [0.05, 0.1) is 16.2 Å². The molecule has 0 fully saturated rings. The topological polar surface area (TPSA) is 92.5 Å². The second kappa shape index (κ2) is 6.57. The molecule has 0 unspecified atom stereocenters. The molecule has 0 N–H and O–H groups in total. The number of hydrogen-bond donors (Lipinski definition) is 0. The number of carbonyl (C=O) groups excluding carboxylic acids is 1. The van der Waals surface area contributed by atoms with Crippen molar-refractivity contribution in [3.8, 4) is 5.75 Å². The number of benzene rings is 2. The molecule has 0 radical (unpaired) electrons. The van der Waals surface area contributed by atoms with E-state index in [0.717, 1.165) is 30.3 Å². The number of halogens is 3. The molecule has 2 aromatic rings. The van der Waals surface area contributed by atoms with Crippen LogP contribution in [0, 0.1) is 10.1 Å². The van der Waals surface area contributed by atoms with Gasteiger partial charge < -0.3 is 14.6 Å². The zero-order valence-corrected chi connectivity index (χ0v) is 11.9. The molecule has 0 aliphatic heterocycles. The van der Waals surface area contributed by atoms with E-state index in [-0.39, 0.29) is 23.4 Å². The van der Waals surface area contributed by atoms with Gasteiger partial charge in [0, 0.05) is 12.1 Å². The predicted octanol–water partition coefficient (Wildman–Crippen LogP) is 2.93. The van der Waals surface area contributed by atoms with Gasteiger partial charge in [0.1, 0.15) is 0 Å². The Bertz CT molecular complexity index is 772. The molecule has 0 heterocycles. The van der Waals surface area contributed by atoms with E-state index in [4.69, 9.17) is 0 Å². The average Bonchev–Trinajstić information content (AvgIpc) is 2.48. The molecular weight excluding hydrogens is 331 g/mol. The van der Waals surface area contributed by atoms with Crippen LogP contribution >= 0.6 is 0 Å². The van der Waals surface area contributed by atoms with Gasteiger partial charge in [0.2, 0.25) is 0 Å². The molecule has 0 aliphatic rings. The van der Waals surface area contributed by atoms with Crippen LogP contribution in [-0.2, 0) is 12.6 Å². The standard InChI is InChI=1S/C15H10F3NO5/c16-15(17,18)11-3-1-9(2-4-11)7-10-8-12(19(22)23)5-6-13(10)24-14(20)21/h1-6,8H,7H2,(H,20,21)/p-1. The zero-order chi connectivity index (χ0) is 17.9. The highest BCUT2D eigenvalue weighted by Crippen LogP contribution is 2.31. The van der Waals surface area contributed by atoms with Crippen LogP contribution in [0.4, 0.5) is 23.7 Å². The van der Waals surface area contributed by atoms with Crippen molar-refractivity contribution in [2.45, 2.75) is 12.6 Å². The Hall–Kier alpha value is -3.10. The lowest BCUT2D eigenvalue weighted by Crippen LogP contribution is -2.26. The maximum absolute atomic E-state index is 12.5. The number of carboxylic acid groups (broad SMARTS) is 1. The summed E-state index contributed by atoms with van der Waals surface area (Å²) in [5.41, 5.74) is -0.612. The molecule has 0 saturated heterocycles. The van der Waals surface area contributed by atoms with Crippen molar-refractivity contribution in [2.75, 3.05) is 0 Å². The maximum atomic E-state index is 12.5. The fourth-order valence-corrected chi connectivity index (χ4v) is 2.04. The highest BCUT2D eigenvalue weighted by molar-refractivity contribution is 5.61. The first kappa shape index (κ1) is 17.3. The van der Waals surface area contributed by atoms with Gasteiger partial charge in [-0.2, -0.15) is 13.2 Å². The van der Waals surface area contributed by atoms with Gasteiger partial charge in [-0.3, -0.25) is 10.1 Å². The lowest BCUT2D eigenvalue weighted by Gasteiger charge is -2.14. The maximum Gasteiger partial charge on any atom is 0.416 e. The van der Waals surface area contributed by atoms with Gasteiger partial charge in [-0.15, -0.1) is 0 Å². The first-order valence-electron chi connectivity index (χ1n) is 6.49. The van der Waals surface area contributed by atoms with E-state index in [0.29, 0.717) is 5.56 Å². The average molecular weight is 340 g/mol. The molecule has 0 aromatic heterocycles. The Labute approximate surface area is 133 Å². The number of alkyl halides is 3. The summed E-state index contributed by atoms with van der Waals surface area (Å²) in [4.78, 5) is 20.7. The number of nitro benzene ring substituents is 1. The molecule has 0 saturated carbocycles. The molecule has 0 aliphatic carbocycles. The molecule has 0 amide bonds. The first-order valence-corrected chi connectivity index (χ1v) is 6.49. The van der Waals surface area contributed by atoms with Crippen molar-refractivity contribution < 1.29 is 32.7 Å². The summed E-state index contributed by atoms with van der Waals surface area (Å²) in [7, 11) is 0. The van der Waals surface area contributed by atoms with Gasteiger partial charge in [0.15, 0.2) is 0 Å². The first-order chi connectivity index (χ1) is 11.2. The third-order valence-corrected chi connectivity index (χ3v) is 3.12. The van der Waals surface area contributed by atoms with E-state index in [9.17, 15) is 33.2 Å². The van der Waals surface area contributed by atoms with Crippen LogP contribution in [0.15, 0.2) is 42.5 Å². The molecule has 0 spiro atoms. The number of ether oxygens (including phenoxy) is 1. The van der Waals surface area contributed by atoms with Gasteiger partial charge in [-0.25, -0.2) is 0 Å². The summed E-state index contributed by atoms with van der Waals surface area (Å²) >= 11 is 0. The van der Waals surface area contributed by atoms with Gasteiger partial charge >= 0.3 is 6.18 Å². The number of rotatable bonds is 4.